The van der Waals surface area contributed by atoms with Crippen molar-refractivity contribution in [1.29, 1.82) is 0 Å². The average molecular weight is 262 g/mol. The summed E-state index contributed by atoms with van der Waals surface area (Å²) in [6, 6.07) is 8.94. The number of aryl methyl sites for hydroxylation is 1. The first kappa shape index (κ1) is 14.5. The topological polar surface area (TPSA) is 26.7 Å². The van der Waals surface area contributed by atoms with Gasteiger partial charge in [-0.05, 0) is 24.6 Å². The van der Waals surface area contributed by atoms with E-state index < -0.39 is 0 Å². The SMILES string of the molecule is CCCc1ccc(C(CO)N2CCN(C)CC2)cc1. The summed E-state index contributed by atoms with van der Waals surface area (Å²) in [4.78, 5) is 4.74. The molecule has 19 heavy (non-hydrogen) atoms. The number of aliphatic hydroxyl groups excluding tert-OH is 1. The van der Waals surface area contributed by atoms with Crippen LogP contribution in [0.25, 0.3) is 0 Å². The molecule has 0 aliphatic carbocycles. The van der Waals surface area contributed by atoms with Crippen molar-refractivity contribution >= 4 is 0 Å². The number of nitrogens with zero attached hydrogens (tertiary/aromatic N) is 2. The van der Waals surface area contributed by atoms with Crippen LogP contribution in [-0.2, 0) is 6.42 Å². The van der Waals surface area contributed by atoms with Gasteiger partial charge in [0.05, 0.1) is 12.6 Å². The van der Waals surface area contributed by atoms with Gasteiger partial charge in [0.15, 0.2) is 0 Å². The van der Waals surface area contributed by atoms with Crippen LogP contribution in [0.4, 0.5) is 0 Å². The molecule has 0 spiro atoms. The van der Waals surface area contributed by atoms with Crippen molar-refractivity contribution in [2.75, 3.05) is 39.8 Å². The van der Waals surface area contributed by atoms with Crippen LogP contribution in [0, 0.1) is 0 Å². The number of aliphatic hydroxyl groups is 1. The van der Waals surface area contributed by atoms with Crippen LogP contribution in [0.1, 0.15) is 30.5 Å². The van der Waals surface area contributed by atoms with E-state index in [0.29, 0.717) is 0 Å². The predicted molar refractivity (Wildman–Crippen MR) is 79.3 cm³/mol. The highest BCUT2D eigenvalue weighted by atomic mass is 16.3. The van der Waals surface area contributed by atoms with Crippen molar-refractivity contribution in [1.82, 2.24) is 9.80 Å². The minimum atomic E-state index is 0.157. The molecule has 0 amide bonds. The van der Waals surface area contributed by atoms with Gasteiger partial charge in [0.1, 0.15) is 0 Å². The van der Waals surface area contributed by atoms with Crippen LogP contribution in [0.5, 0.6) is 0 Å². The molecule has 1 aromatic carbocycles. The summed E-state index contributed by atoms with van der Waals surface area (Å²) in [6.07, 6.45) is 2.32. The normalized spacial score (nSPS) is 19.5. The second kappa shape index (κ2) is 7.04. The maximum absolute atomic E-state index is 9.72. The van der Waals surface area contributed by atoms with Gasteiger partial charge < -0.3 is 10.0 Å². The Balaban J connectivity index is 2.04. The van der Waals surface area contributed by atoms with Gasteiger partial charge in [-0.15, -0.1) is 0 Å². The molecule has 1 fully saturated rings. The van der Waals surface area contributed by atoms with Crippen LogP contribution in [0.15, 0.2) is 24.3 Å². The maximum Gasteiger partial charge on any atom is 0.0628 e. The molecule has 1 aromatic rings. The summed E-state index contributed by atoms with van der Waals surface area (Å²) in [6.45, 7) is 6.66. The van der Waals surface area contributed by atoms with E-state index in [9.17, 15) is 5.11 Å². The molecule has 2 rings (SSSR count). The Hall–Kier alpha value is -0.900. The smallest absolute Gasteiger partial charge is 0.0628 e. The van der Waals surface area contributed by atoms with E-state index in [1.165, 1.54) is 17.5 Å². The minimum Gasteiger partial charge on any atom is -0.394 e. The third kappa shape index (κ3) is 3.78. The molecule has 106 valence electrons. The predicted octanol–water partition coefficient (Wildman–Crippen LogP) is 1.92. The summed E-state index contributed by atoms with van der Waals surface area (Å²) in [7, 11) is 2.16. The van der Waals surface area contributed by atoms with Crippen molar-refractivity contribution < 1.29 is 5.11 Å². The molecule has 3 nitrogen and oxygen atoms in total. The third-order valence-electron chi connectivity index (χ3n) is 4.05. The van der Waals surface area contributed by atoms with Gasteiger partial charge in [-0.3, -0.25) is 4.90 Å². The molecular formula is C16H26N2O. The lowest BCUT2D eigenvalue weighted by molar-refractivity contribution is 0.0748. The molecule has 1 unspecified atom stereocenters. The van der Waals surface area contributed by atoms with Crippen LogP contribution in [-0.4, -0.2) is 54.7 Å². The summed E-state index contributed by atoms with van der Waals surface area (Å²) >= 11 is 0. The Kier molecular flexibility index (Phi) is 5.37. The van der Waals surface area contributed by atoms with Gasteiger partial charge in [-0.1, -0.05) is 37.6 Å². The summed E-state index contributed by atoms with van der Waals surface area (Å²) in [5, 5.41) is 9.72. The first-order valence-electron chi connectivity index (χ1n) is 7.37. The highest BCUT2D eigenvalue weighted by Gasteiger charge is 2.22. The molecule has 1 aliphatic rings. The van der Waals surface area contributed by atoms with Crippen LogP contribution < -0.4 is 0 Å². The van der Waals surface area contributed by atoms with Crippen molar-refractivity contribution in [3.05, 3.63) is 35.4 Å². The highest BCUT2D eigenvalue weighted by molar-refractivity contribution is 5.25. The van der Waals surface area contributed by atoms with Gasteiger partial charge in [-0.2, -0.15) is 0 Å². The fourth-order valence-corrected chi connectivity index (χ4v) is 2.76. The zero-order valence-corrected chi connectivity index (χ0v) is 12.2. The zero-order valence-electron chi connectivity index (χ0n) is 12.2. The lowest BCUT2D eigenvalue weighted by Gasteiger charge is -2.37. The Bertz CT molecular complexity index is 369. The molecule has 1 N–H and O–H groups in total. The number of likely N-dealkylation sites (N-methyl/N-ethyl adjacent to an activating group) is 1. The summed E-state index contributed by atoms with van der Waals surface area (Å²) in [5.41, 5.74) is 2.63. The Morgan fingerprint density at radius 2 is 1.74 bits per heavy atom. The average Bonchev–Trinajstić information content (AvgIpc) is 2.44. The largest absolute Gasteiger partial charge is 0.394 e. The molecule has 1 atom stereocenters. The Labute approximate surface area is 116 Å². The van der Waals surface area contributed by atoms with E-state index in [4.69, 9.17) is 0 Å². The van der Waals surface area contributed by atoms with E-state index >= 15 is 0 Å². The highest BCUT2D eigenvalue weighted by Crippen LogP contribution is 2.22. The minimum absolute atomic E-state index is 0.157. The van der Waals surface area contributed by atoms with E-state index in [0.717, 1.165) is 32.6 Å². The molecule has 3 heteroatoms. The van der Waals surface area contributed by atoms with Crippen LogP contribution in [0.3, 0.4) is 0 Å². The van der Waals surface area contributed by atoms with Gasteiger partial charge in [-0.25, -0.2) is 0 Å². The van der Waals surface area contributed by atoms with Crippen LogP contribution in [0.2, 0.25) is 0 Å². The molecule has 0 aromatic heterocycles. The molecule has 1 heterocycles. The van der Waals surface area contributed by atoms with Crippen LogP contribution >= 0.6 is 0 Å². The molecule has 1 aliphatic heterocycles. The van der Waals surface area contributed by atoms with Gasteiger partial charge >= 0.3 is 0 Å². The number of piperazine rings is 1. The molecular weight excluding hydrogens is 236 g/mol. The van der Waals surface area contributed by atoms with Crippen molar-refractivity contribution in [2.24, 2.45) is 0 Å². The molecule has 0 bridgehead atoms. The van der Waals surface area contributed by atoms with Gasteiger partial charge in [0.25, 0.3) is 0 Å². The lowest BCUT2D eigenvalue weighted by atomic mass is 10.0. The Morgan fingerprint density at radius 1 is 1.11 bits per heavy atom. The van der Waals surface area contributed by atoms with E-state index in [1.807, 2.05) is 0 Å². The fourth-order valence-electron chi connectivity index (χ4n) is 2.76. The second-order valence-electron chi connectivity index (χ2n) is 5.53. The van der Waals surface area contributed by atoms with Gasteiger partial charge in [0, 0.05) is 26.2 Å². The summed E-state index contributed by atoms with van der Waals surface area (Å²) < 4.78 is 0. The molecule has 1 saturated heterocycles. The first-order valence-corrected chi connectivity index (χ1v) is 7.37. The van der Waals surface area contributed by atoms with Crippen molar-refractivity contribution in [2.45, 2.75) is 25.8 Å². The number of hydrogen-bond donors (Lipinski definition) is 1. The molecule has 0 saturated carbocycles. The lowest BCUT2D eigenvalue weighted by Crippen LogP contribution is -2.46. The fraction of sp³-hybridized carbons (Fsp3) is 0.625. The van der Waals surface area contributed by atoms with Crippen molar-refractivity contribution in [3.63, 3.8) is 0 Å². The quantitative estimate of drug-likeness (QED) is 0.878. The summed E-state index contributed by atoms with van der Waals surface area (Å²) in [5.74, 6) is 0. The standard InChI is InChI=1S/C16H26N2O/c1-3-4-14-5-7-15(8-6-14)16(13-19)18-11-9-17(2)10-12-18/h5-8,16,19H,3-4,9-13H2,1-2H3. The second-order valence-corrected chi connectivity index (χ2v) is 5.53. The number of benzene rings is 1. The van der Waals surface area contributed by atoms with E-state index in [1.54, 1.807) is 0 Å². The zero-order chi connectivity index (χ0) is 13.7. The first-order chi connectivity index (χ1) is 9.24. The Morgan fingerprint density at radius 3 is 2.26 bits per heavy atom. The van der Waals surface area contributed by atoms with E-state index in [-0.39, 0.29) is 12.6 Å². The maximum atomic E-state index is 9.72. The monoisotopic (exact) mass is 262 g/mol. The van der Waals surface area contributed by atoms with E-state index in [2.05, 4.69) is 48.0 Å². The third-order valence-corrected chi connectivity index (χ3v) is 4.05. The molecule has 0 radical (unpaired) electrons. The van der Waals surface area contributed by atoms with Gasteiger partial charge in [0.2, 0.25) is 0 Å². The number of hydrogen-bond acceptors (Lipinski definition) is 3. The van der Waals surface area contributed by atoms with Crippen molar-refractivity contribution in [3.8, 4) is 0 Å². The number of rotatable bonds is 5.